The topological polar surface area (TPSA) is 63.4 Å². The third kappa shape index (κ3) is 5.79. The maximum atomic E-state index is 11.6. The molecule has 0 saturated heterocycles. The lowest BCUT2D eigenvalue weighted by Gasteiger charge is -2.42. The van der Waals surface area contributed by atoms with E-state index in [-0.39, 0.29) is 17.0 Å². The molecule has 0 heterocycles. The first-order valence-electron chi connectivity index (χ1n) is 7.56. The maximum Gasteiger partial charge on any atom is 0.150 e. The van der Waals surface area contributed by atoms with E-state index in [4.69, 9.17) is 5.73 Å². The molecule has 0 aromatic heterocycles. The first kappa shape index (κ1) is 18.9. The second-order valence-electron chi connectivity index (χ2n) is 5.21. The summed E-state index contributed by atoms with van der Waals surface area (Å²) < 4.78 is 23.1. The van der Waals surface area contributed by atoms with E-state index in [0.29, 0.717) is 13.0 Å². The van der Waals surface area contributed by atoms with Gasteiger partial charge >= 0.3 is 0 Å². The largest absolute Gasteiger partial charge is 0.329 e. The molecule has 0 aliphatic rings. The first-order valence-corrected chi connectivity index (χ1v) is 9.39. The van der Waals surface area contributed by atoms with E-state index >= 15 is 0 Å². The second-order valence-corrected chi connectivity index (χ2v) is 7.69. The zero-order valence-corrected chi connectivity index (χ0v) is 13.9. The molecule has 0 amide bonds. The minimum absolute atomic E-state index is 0.0337. The molecule has 0 fully saturated rings. The number of nitrogens with two attached hydrogens (primary N) is 1. The predicted molar refractivity (Wildman–Crippen MR) is 83.2 cm³/mol. The normalized spacial score (nSPS) is 13.2. The number of nitrogens with zero attached hydrogens (tertiary/aromatic N) is 1. The van der Waals surface area contributed by atoms with Crippen molar-refractivity contribution in [3.05, 3.63) is 0 Å². The van der Waals surface area contributed by atoms with Crippen LogP contribution in [0.5, 0.6) is 0 Å². The first-order chi connectivity index (χ1) is 8.91. The van der Waals surface area contributed by atoms with Crippen LogP contribution in [0.3, 0.4) is 0 Å². The number of sulfone groups is 1. The summed E-state index contributed by atoms with van der Waals surface area (Å²) in [5.41, 5.74) is 6.02. The summed E-state index contributed by atoms with van der Waals surface area (Å²) in [6, 6.07) is 0. The van der Waals surface area contributed by atoms with Crippen LogP contribution in [0.25, 0.3) is 0 Å². The highest BCUT2D eigenvalue weighted by Crippen LogP contribution is 2.23. The Labute approximate surface area is 119 Å². The Balaban J connectivity index is 4.64. The SMILES string of the molecule is CCCN(CCCS(=O)(=O)CC)C(CC)(CC)CN. The van der Waals surface area contributed by atoms with Crippen LogP contribution in [0.4, 0.5) is 0 Å². The van der Waals surface area contributed by atoms with Crippen molar-refractivity contribution in [3.63, 3.8) is 0 Å². The molecular formula is C14H32N2O2S. The van der Waals surface area contributed by atoms with Gasteiger partial charge in [-0.15, -0.1) is 0 Å². The third-order valence-electron chi connectivity index (χ3n) is 4.18. The van der Waals surface area contributed by atoms with Crippen molar-refractivity contribution in [2.75, 3.05) is 31.1 Å². The Kier molecular flexibility index (Phi) is 8.86. The average molecular weight is 292 g/mol. The van der Waals surface area contributed by atoms with E-state index in [0.717, 1.165) is 32.4 Å². The summed E-state index contributed by atoms with van der Waals surface area (Å²) in [6.07, 6.45) is 3.81. The van der Waals surface area contributed by atoms with Crippen molar-refractivity contribution in [2.45, 2.75) is 58.9 Å². The van der Waals surface area contributed by atoms with Crippen LogP contribution in [0.2, 0.25) is 0 Å². The monoisotopic (exact) mass is 292 g/mol. The van der Waals surface area contributed by atoms with Gasteiger partial charge in [-0.25, -0.2) is 8.42 Å². The Bertz CT molecular complexity index is 316. The molecule has 19 heavy (non-hydrogen) atoms. The minimum atomic E-state index is -2.85. The molecule has 0 unspecified atom stereocenters. The van der Waals surface area contributed by atoms with Crippen LogP contribution >= 0.6 is 0 Å². The molecule has 0 atom stereocenters. The fourth-order valence-corrected chi connectivity index (χ4v) is 3.45. The highest BCUT2D eigenvalue weighted by Gasteiger charge is 2.31. The van der Waals surface area contributed by atoms with Crippen LogP contribution in [0.15, 0.2) is 0 Å². The van der Waals surface area contributed by atoms with Gasteiger partial charge in [-0.1, -0.05) is 27.7 Å². The van der Waals surface area contributed by atoms with Crippen LogP contribution in [-0.4, -0.2) is 50.0 Å². The molecule has 0 aliphatic heterocycles. The van der Waals surface area contributed by atoms with Crippen molar-refractivity contribution < 1.29 is 8.42 Å². The summed E-state index contributed by atoms with van der Waals surface area (Å²) in [7, 11) is -2.85. The summed E-state index contributed by atoms with van der Waals surface area (Å²) >= 11 is 0. The molecule has 0 spiro atoms. The van der Waals surface area contributed by atoms with Crippen LogP contribution in [0, 0.1) is 0 Å². The fourth-order valence-electron chi connectivity index (χ4n) is 2.59. The van der Waals surface area contributed by atoms with Crippen LogP contribution < -0.4 is 5.73 Å². The van der Waals surface area contributed by atoms with Crippen molar-refractivity contribution in [1.82, 2.24) is 4.90 Å². The van der Waals surface area contributed by atoms with Crippen LogP contribution in [0.1, 0.15) is 53.4 Å². The molecule has 0 saturated carbocycles. The zero-order chi connectivity index (χ0) is 14.9. The molecule has 0 aliphatic carbocycles. The van der Waals surface area contributed by atoms with E-state index in [1.807, 2.05) is 0 Å². The highest BCUT2D eigenvalue weighted by molar-refractivity contribution is 7.91. The average Bonchev–Trinajstić information content (AvgIpc) is 2.41. The van der Waals surface area contributed by atoms with Gasteiger partial charge < -0.3 is 5.73 Å². The number of hydrogen-bond acceptors (Lipinski definition) is 4. The fraction of sp³-hybridized carbons (Fsp3) is 1.00. The van der Waals surface area contributed by atoms with Crippen LogP contribution in [-0.2, 0) is 9.84 Å². The molecule has 5 heteroatoms. The van der Waals surface area contributed by atoms with E-state index in [1.54, 1.807) is 6.92 Å². The lowest BCUT2D eigenvalue weighted by Crippen LogP contribution is -2.54. The van der Waals surface area contributed by atoms with Gasteiger partial charge in [0.15, 0.2) is 0 Å². The molecule has 4 nitrogen and oxygen atoms in total. The number of hydrogen-bond donors (Lipinski definition) is 1. The van der Waals surface area contributed by atoms with Crippen molar-refractivity contribution >= 4 is 9.84 Å². The summed E-state index contributed by atoms with van der Waals surface area (Å²) in [4.78, 5) is 2.40. The van der Waals surface area contributed by atoms with Gasteiger partial charge in [0.1, 0.15) is 9.84 Å². The smallest absolute Gasteiger partial charge is 0.150 e. The second kappa shape index (κ2) is 8.93. The molecular weight excluding hydrogens is 260 g/mol. The molecule has 0 aromatic carbocycles. The Morgan fingerprint density at radius 3 is 2.00 bits per heavy atom. The zero-order valence-electron chi connectivity index (χ0n) is 13.1. The van der Waals surface area contributed by atoms with E-state index in [2.05, 4.69) is 25.7 Å². The Hall–Kier alpha value is -0.130. The van der Waals surface area contributed by atoms with Gasteiger partial charge in [0.25, 0.3) is 0 Å². The number of rotatable bonds is 11. The third-order valence-corrected chi connectivity index (χ3v) is 5.97. The van der Waals surface area contributed by atoms with Crippen molar-refractivity contribution in [3.8, 4) is 0 Å². The molecule has 0 rings (SSSR count). The minimum Gasteiger partial charge on any atom is -0.329 e. The molecule has 2 N–H and O–H groups in total. The van der Waals surface area contributed by atoms with Gasteiger partial charge in [-0.3, -0.25) is 4.90 Å². The lowest BCUT2D eigenvalue weighted by atomic mass is 9.90. The van der Waals surface area contributed by atoms with Gasteiger partial charge in [0.05, 0.1) is 5.75 Å². The lowest BCUT2D eigenvalue weighted by molar-refractivity contribution is 0.0849. The van der Waals surface area contributed by atoms with Gasteiger partial charge in [-0.2, -0.15) is 0 Å². The molecule has 0 aromatic rings. The predicted octanol–water partition coefficient (Wildman–Crippen LogP) is 2.04. The summed E-state index contributed by atoms with van der Waals surface area (Å²) in [5, 5.41) is 0. The summed E-state index contributed by atoms with van der Waals surface area (Å²) in [5.74, 6) is 0.530. The van der Waals surface area contributed by atoms with E-state index in [1.165, 1.54) is 0 Å². The quantitative estimate of drug-likeness (QED) is 0.633. The van der Waals surface area contributed by atoms with Crippen molar-refractivity contribution in [2.24, 2.45) is 5.73 Å². The highest BCUT2D eigenvalue weighted by atomic mass is 32.2. The molecule has 0 bridgehead atoms. The van der Waals surface area contributed by atoms with Crippen molar-refractivity contribution in [1.29, 1.82) is 0 Å². The molecule has 116 valence electrons. The van der Waals surface area contributed by atoms with E-state index < -0.39 is 9.84 Å². The molecule has 0 radical (unpaired) electrons. The van der Waals surface area contributed by atoms with Gasteiger partial charge in [0.2, 0.25) is 0 Å². The van der Waals surface area contributed by atoms with Gasteiger partial charge in [0, 0.05) is 17.8 Å². The van der Waals surface area contributed by atoms with E-state index in [9.17, 15) is 8.42 Å². The Morgan fingerprint density at radius 2 is 1.63 bits per heavy atom. The Morgan fingerprint density at radius 1 is 1.05 bits per heavy atom. The summed E-state index contributed by atoms with van der Waals surface area (Å²) in [6.45, 7) is 10.7. The standard InChI is InChI=1S/C14H32N2O2S/c1-5-10-16(14(6-2,7-3)13-15)11-9-12-19(17,18)8-4/h5-13,15H2,1-4H3. The van der Waals surface area contributed by atoms with Gasteiger partial charge in [-0.05, 0) is 38.8 Å². The maximum absolute atomic E-state index is 11.6.